The number of thiophene rings is 2. The molecule has 0 saturated heterocycles. The van der Waals surface area contributed by atoms with Crippen molar-refractivity contribution in [2.24, 2.45) is 5.73 Å². The van der Waals surface area contributed by atoms with E-state index >= 15 is 0 Å². The molecule has 1 atom stereocenters. The second-order valence-corrected chi connectivity index (χ2v) is 10.6. The molecule has 0 spiro atoms. The second-order valence-electron chi connectivity index (χ2n) is 7.81. The van der Waals surface area contributed by atoms with Gasteiger partial charge in [0.1, 0.15) is 10.9 Å². The summed E-state index contributed by atoms with van der Waals surface area (Å²) in [5, 5.41) is 6.73. The average Bonchev–Trinajstić information content (AvgIpc) is 3.41. The molecule has 0 aliphatic carbocycles. The lowest BCUT2D eigenvalue weighted by Gasteiger charge is -2.32. The van der Waals surface area contributed by atoms with Crippen molar-refractivity contribution < 1.29 is 14.4 Å². The molecule has 8 nitrogen and oxygen atoms in total. The first-order chi connectivity index (χ1) is 14.6. The van der Waals surface area contributed by atoms with Gasteiger partial charge in [-0.1, -0.05) is 12.1 Å². The Hall–Kier alpha value is -2.76. The summed E-state index contributed by atoms with van der Waals surface area (Å²) in [5.74, 6) is -1.60. The zero-order valence-corrected chi connectivity index (χ0v) is 19.7. The van der Waals surface area contributed by atoms with Crippen molar-refractivity contribution in [3.05, 3.63) is 55.4 Å². The van der Waals surface area contributed by atoms with Crippen LogP contribution in [0.15, 0.2) is 35.0 Å². The third kappa shape index (κ3) is 5.30. The van der Waals surface area contributed by atoms with E-state index in [1.165, 1.54) is 27.6 Å². The van der Waals surface area contributed by atoms with Crippen molar-refractivity contribution in [2.45, 2.75) is 38.9 Å². The molecule has 0 saturated carbocycles. The summed E-state index contributed by atoms with van der Waals surface area (Å²) in [6.07, 6.45) is 0. The molecule has 0 bridgehead atoms. The Morgan fingerprint density at radius 1 is 1.16 bits per heavy atom. The molecule has 3 aromatic heterocycles. The first kappa shape index (κ1) is 22.9. The van der Waals surface area contributed by atoms with E-state index in [0.29, 0.717) is 4.88 Å². The molecular weight excluding hydrogens is 454 g/mol. The number of hydrogen-bond acceptors (Lipinski definition) is 8. The molecule has 3 amide bonds. The van der Waals surface area contributed by atoms with Gasteiger partial charge in [-0.15, -0.1) is 22.7 Å². The zero-order valence-electron chi connectivity index (χ0n) is 17.2. The van der Waals surface area contributed by atoms with Gasteiger partial charge in [0.05, 0.1) is 12.2 Å². The van der Waals surface area contributed by atoms with Crippen LogP contribution < -0.4 is 16.8 Å². The fourth-order valence-electron chi connectivity index (χ4n) is 2.92. The van der Waals surface area contributed by atoms with E-state index < -0.39 is 23.4 Å². The minimum Gasteiger partial charge on any atom is -0.395 e. The molecule has 3 aromatic rings. The maximum absolute atomic E-state index is 13.6. The fraction of sp³-hybridized carbons (Fsp3) is 0.300. The minimum atomic E-state index is -0.882. The molecule has 164 valence electrons. The summed E-state index contributed by atoms with van der Waals surface area (Å²) in [6, 6.07) is 6.54. The SMILES string of the molecule is CC(C)(C)NC(=O)[C@H](c1cccs1)N(Cc1cccs1)C(=O)c1snc(C(N)=O)c1N. The highest BCUT2D eigenvalue weighted by atomic mass is 32.1. The predicted octanol–water partition coefficient (Wildman–Crippen LogP) is 3.25. The average molecular weight is 478 g/mol. The third-order valence-corrected chi connectivity index (χ3v) is 6.83. The summed E-state index contributed by atoms with van der Waals surface area (Å²) in [4.78, 5) is 41.7. The maximum atomic E-state index is 13.6. The Balaban J connectivity index is 2.08. The van der Waals surface area contributed by atoms with Gasteiger partial charge in [-0.05, 0) is 55.2 Å². The van der Waals surface area contributed by atoms with Gasteiger partial charge in [-0.2, -0.15) is 4.37 Å². The van der Waals surface area contributed by atoms with Gasteiger partial charge in [0.15, 0.2) is 5.69 Å². The monoisotopic (exact) mass is 477 g/mol. The molecular formula is C20H23N5O3S3. The van der Waals surface area contributed by atoms with Gasteiger partial charge in [0.2, 0.25) is 5.91 Å². The van der Waals surface area contributed by atoms with Gasteiger partial charge < -0.3 is 21.7 Å². The highest BCUT2D eigenvalue weighted by Gasteiger charge is 2.36. The smallest absolute Gasteiger partial charge is 0.270 e. The van der Waals surface area contributed by atoms with Crippen LogP contribution in [0, 0.1) is 0 Å². The largest absolute Gasteiger partial charge is 0.395 e. The number of anilines is 1. The van der Waals surface area contributed by atoms with Gasteiger partial charge in [0, 0.05) is 15.3 Å². The highest BCUT2D eigenvalue weighted by Crippen LogP contribution is 2.33. The lowest BCUT2D eigenvalue weighted by Crippen LogP contribution is -2.48. The number of aromatic nitrogens is 1. The van der Waals surface area contributed by atoms with Crippen LogP contribution in [0.5, 0.6) is 0 Å². The minimum absolute atomic E-state index is 0.0696. The van der Waals surface area contributed by atoms with Crippen LogP contribution in [0.2, 0.25) is 0 Å². The molecule has 31 heavy (non-hydrogen) atoms. The standard InChI is InChI=1S/C20H23N5O3S3/c1-20(2,3)23-18(27)15(12-7-5-9-30-12)25(10-11-6-4-8-29-11)19(28)16-13(21)14(17(22)26)24-31-16/h4-9,15H,10,21H2,1-3H3,(H2,22,26)(H,23,27)/t15-/m0/s1. The predicted molar refractivity (Wildman–Crippen MR) is 124 cm³/mol. The van der Waals surface area contributed by atoms with Crippen molar-refractivity contribution in [3.8, 4) is 0 Å². The highest BCUT2D eigenvalue weighted by molar-refractivity contribution is 7.10. The summed E-state index contributed by atoms with van der Waals surface area (Å²) in [6.45, 7) is 5.83. The van der Waals surface area contributed by atoms with E-state index in [4.69, 9.17) is 11.5 Å². The Kier molecular flexibility index (Phi) is 6.77. The Bertz CT molecular complexity index is 1070. The zero-order chi connectivity index (χ0) is 22.8. The van der Waals surface area contributed by atoms with E-state index in [1.54, 1.807) is 0 Å². The molecule has 0 aromatic carbocycles. The van der Waals surface area contributed by atoms with E-state index in [9.17, 15) is 14.4 Å². The number of nitrogens with zero attached hydrogens (tertiary/aromatic N) is 2. The van der Waals surface area contributed by atoms with E-state index in [0.717, 1.165) is 16.4 Å². The quantitative estimate of drug-likeness (QED) is 0.481. The molecule has 11 heteroatoms. The van der Waals surface area contributed by atoms with Crippen LogP contribution in [-0.2, 0) is 11.3 Å². The molecule has 0 unspecified atom stereocenters. The molecule has 5 N–H and O–H groups in total. The first-order valence-corrected chi connectivity index (χ1v) is 11.9. The first-order valence-electron chi connectivity index (χ1n) is 9.32. The van der Waals surface area contributed by atoms with Crippen molar-refractivity contribution in [1.29, 1.82) is 0 Å². The van der Waals surface area contributed by atoms with E-state index in [-0.39, 0.29) is 28.7 Å². The number of carbonyl (C=O) groups excluding carboxylic acids is 3. The summed E-state index contributed by atoms with van der Waals surface area (Å²) in [7, 11) is 0. The lowest BCUT2D eigenvalue weighted by molar-refractivity contribution is -0.127. The lowest BCUT2D eigenvalue weighted by atomic mass is 10.1. The van der Waals surface area contributed by atoms with Crippen LogP contribution >= 0.6 is 34.2 Å². The maximum Gasteiger partial charge on any atom is 0.270 e. The topological polar surface area (TPSA) is 131 Å². The Morgan fingerprint density at radius 3 is 2.35 bits per heavy atom. The van der Waals surface area contributed by atoms with Crippen molar-refractivity contribution >= 4 is 57.6 Å². The van der Waals surface area contributed by atoms with Crippen molar-refractivity contribution in [3.63, 3.8) is 0 Å². The van der Waals surface area contributed by atoms with E-state index in [1.807, 2.05) is 55.8 Å². The van der Waals surface area contributed by atoms with Gasteiger partial charge in [0.25, 0.3) is 11.8 Å². The summed E-state index contributed by atoms with van der Waals surface area (Å²) >= 11 is 3.66. The number of nitrogens with two attached hydrogens (primary N) is 2. The fourth-order valence-corrected chi connectivity index (χ4v) is 5.22. The number of hydrogen-bond donors (Lipinski definition) is 3. The number of nitrogen functional groups attached to an aromatic ring is 1. The molecule has 0 aliphatic heterocycles. The Labute approximate surface area is 192 Å². The van der Waals surface area contributed by atoms with Crippen LogP contribution in [0.3, 0.4) is 0 Å². The Morgan fingerprint density at radius 2 is 1.84 bits per heavy atom. The second kappa shape index (κ2) is 9.16. The normalized spacial score (nSPS) is 12.4. The van der Waals surface area contributed by atoms with Crippen LogP contribution in [0.4, 0.5) is 5.69 Å². The summed E-state index contributed by atoms with van der Waals surface area (Å²) < 4.78 is 3.94. The van der Waals surface area contributed by atoms with E-state index in [2.05, 4.69) is 9.69 Å². The molecule has 0 aliphatic rings. The number of amides is 3. The third-order valence-electron chi connectivity index (χ3n) is 4.19. The van der Waals surface area contributed by atoms with Gasteiger partial charge in [-0.3, -0.25) is 14.4 Å². The van der Waals surface area contributed by atoms with Gasteiger partial charge in [-0.25, -0.2) is 0 Å². The number of nitrogens with one attached hydrogen (secondary N) is 1. The van der Waals surface area contributed by atoms with Crippen molar-refractivity contribution in [2.75, 3.05) is 5.73 Å². The van der Waals surface area contributed by atoms with Gasteiger partial charge >= 0.3 is 0 Å². The molecule has 3 rings (SSSR count). The van der Waals surface area contributed by atoms with Crippen molar-refractivity contribution in [1.82, 2.24) is 14.6 Å². The van der Waals surface area contributed by atoms with Crippen LogP contribution in [0.25, 0.3) is 0 Å². The number of primary amides is 1. The molecule has 0 radical (unpaired) electrons. The van der Waals surface area contributed by atoms with Crippen LogP contribution in [0.1, 0.15) is 56.7 Å². The number of rotatable bonds is 7. The molecule has 3 heterocycles. The number of carbonyl (C=O) groups is 3. The molecule has 0 fully saturated rings. The summed E-state index contributed by atoms with van der Waals surface area (Å²) in [5.41, 5.74) is 10.6. The van der Waals surface area contributed by atoms with Crippen LogP contribution in [-0.4, -0.2) is 32.5 Å².